The van der Waals surface area contributed by atoms with E-state index in [1.807, 2.05) is 13.8 Å². The smallest absolute Gasteiger partial charge is 0.317 e. The van der Waals surface area contributed by atoms with Gasteiger partial charge in [-0.2, -0.15) is 4.98 Å². The lowest BCUT2D eigenvalue weighted by Crippen LogP contribution is -2.48. The second-order valence-electron chi connectivity index (χ2n) is 9.09. The maximum Gasteiger partial charge on any atom is 0.317 e. The van der Waals surface area contributed by atoms with E-state index in [9.17, 15) is 9.18 Å². The minimum Gasteiger partial charge on any atom is -0.461 e. The molecule has 0 radical (unpaired) electrons. The van der Waals surface area contributed by atoms with E-state index in [-0.39, 0.29) is 43.7 Å². The quantitative estimate of drug-likeness (QED) is 0.383. The molecule has 0 spiro atoms. The van der Waals surface area contributed by atoms with Gasteiger partial charge in [-0.3, -0.25) is 4.79 Å². The fourth-order valence-corrected chi connectivity index (χ4v) is 3.65. The van der Waals surface area contributed by atoms with E-state index in [0.717, 1.165) is 0 Å². The van der Waals surface area contributed by atoms with Crippen molar-refractivity contribution in [2.75, 3.05) is 26.4 Å². The molecule has 2 aromatic heterocycles. The molecule has 0 unspecified atom stereocenters. The van der Waals surface area contributed by atoms with Crippen molar-refractivity contribution in [1.82, 2.24) is 25.3 Å². The number of aromatic amines is 1. The van der Waals surface area contributed by atoms with E-state index in [4.69, 9.17) is 24.3 Å². The van der Waals surface area contributed by atoms with Crippen molar-refractivity contribution in [1.29, 1.82) is 0 Å². The molecule has 36 heavy (non-hydrogen) atoms. The maximum absolute atomic E-state index is 13.6. The fraction of sp³-hybridized carbons (Fsp3) is 0.440. The van der Waals surface area contributed by atoms with Gasteiger partial charge in [0, 0.05) is 24.9 Å². The average molecular weight is 500 g/mol. The number of H-pyrrole nitrogens is 1. The first-order chi connectivity index (χ1) is 17.3. The first kappa shape index (κ1) is 25.7. The van der Waals surface area contributed by atoms with Crippen molar-refractivity contribution >= 4 is 5.91 Å². The summed E-state index contributed by atoms with van der Waals surface area (Å²) in [4.78, 5) is 29.1. The standard InChI is InChI=1S/C25H30FN5O5/c1-15(2)36-24-28-11-9-18(29-24)20-19(16-5-7-17(26)8-6-16)30-21(31-20)22-34-13-25(3,14-35-22)23(33)27-10-4-12-32/h5-9,11,15,22,32H,4,10,12-14H2,1-3H3,(H,27,33)(H,30,31). The van der Waals surface area contributed by atoms with Gasteiger partial charge in [0.1, 0.15) is 5.82 Å². The number of benzene rings is 1. The van der Waals surface area contributed by atoms with Crippen LogP contribution in [0, 0.1) is 11.2 Å². The van der Waals surface area contributed by atoms with Crippen LogP contribution in [0.4, 0.5) is 4.39 Å². The second kappa shape index (κ2) is 11.1. The molecule has 3 heterocycles. The zero-order valence-electron chi connectivity index (χ0n) is 20.5. The first-order valence-corrected chi connectivity index (χ1v) is 11.8. The molecule has 4 rings (SSSR count). The maximum atomic E-state index is 13.6. The Morgan fingerprint density at radius 3 is 2.64 bits per heavy atom. The number of nitrogens with zero attached hydrogens (tertiary/aromatic N) is 3. The number of carbonyl (C=O) groups excluding carboxylic acids is 1. The third-order valence-corrected chi connectivity index (χ3v) is 5.57. The summed E-state index contributed by atoms with van der Waals surface area (Å²) in [5.74, 6) is -0.182. The minimum atomic E-state index is -0.878. The fourth-order valence-electron chi connectivity index (χ4n) is 3.65. The molecule has 1 fully saturated rings. The molecule has 3 N–H and O–H groups in total. The van der Waals surface area contributed by atoms with Crippen molar-refractivity contribution in [3.8, 4) is 28.7 Å². The van der Waals surface area contributed by atoms with Gasteiger partial charge in [-0.25, -0.2) is 14.4 Å². The number of aromatic nitrogens is 4. The van der Waals surface area contributed by atoms with Crippen LogP contribution in [0.5, 0.6) is 6.01 Å². The molecular weight excluding hydrogens is 469 g/mol. The van der Waals surface area contributed by atoms with Crippen molar-refractivity contribution in [2.45, 2.75) is 39.6 Å². The third kappa shape index (κ3) is 5.86. The Bertz CT molecular complexity index is 1180. The van der Waals surface area contributed by atoms with E-state index in [1.54, 1.807) is 31.3 Å². The Morgan fingerprint density at radius 2 is 1.97 bits per heavy atom. The zero-order chi connectivity index (χ0) is 25.7. The molecule has 1 aromatic carbocycles. The molecule has 0 atom stereocenters. The van der Waals surface area contributed by atoms with Crippen LogP contribution >= 0.6 is 0 Å². The van der Waals surface area contributed by atoms with Crippen molar-refractivity contribution in [3.63, 3.8) is 0 Å². The van der Waals surface area contributed by atoms with Crippen molar-refractivity contribution in [2.24, 2.45) is 5.41 Å². The van der Waals surface area contributed by atoms with E-state index in [2.05, 4.69) is 20.3 Å². The van der Waals surface area contributed by atoms with Gasteiger partial charge < -0.3 is 29.6 Å². The molecule has 1 saturated heterocycles. The van der Waals surface area contributed by atoms with Gasteiger partial charge in [0.25, 0.3) is 0 Å². The number of hydrogen-bond donors (Lipinski definition) is 3. The number of aliphatic hydroxyl groups excluding tert-OH is 1. The van der Waals surface area contributed by atoms with Crippen LogP contribution in [-0.2, 0) is 14.3 Å². The number of amides is 1. The van der Waals surface area contributed by atoms with Crippen LogP contribution < -0.4 is 10.1 Å². The highest BCUT2D eigenvalue weighted by Gasteiger charge is 2.40. The molecule has 0 bridgehead atoms. The lowest BCUT2D eigenvalue weighted by atomic mass is 9.91. The molecule has 0 saturated carbocycles. The molecule has 0 aliphatic carbocycles. The number of halogens is 1. The zero-order valence-corrected chi connectivity index (χ0v) is 20.5. The molecule has 10 nitrogen and oxygen atoms in total. The summed E-state index contributed by atoms with van der Waals surface area (Å²) >= 11 is 0. The molecular formula is C25H30FN5O5. The molecule has 192 valence electrons. The summed E-state index contributed by atoms with van der Waals surface area (Å²) in [6, 6.07) is 7.90. The van der Waals surface area contributed by atoms with Crippen molar-refractivity contribution in [3.05, 3.63) is 48.2 Å². The summed E-state index contributed by atoms with van der Waals surface area (Å²) in [5.41, 5.74) is 1.42. The lowest BCUT2D eigenvalue weighted by Gasteiger charge is -2.35. The number of aliphatic hydroxyl groups is 1. The summed E-state index contributed by atoms with van der Waals surface area (Å²) in [7, 11) is 0. The van der Waals surface area contributed by atoms with Gasteiger partial charge in [0.05, 0.1) is 41.8 Å². The predicted octanol–water partition coefficient (Wildman–Crippen LogP) is 3.01. The Morgan fingerprint density at radius 1 is 1.25 bits per heavy atom. The van der Waals surface area contributed by atoms with Gasteiger partial charge in [-0.15, -0.1) is 0 Å². The van der Waals surface area contributed by atoms with Gasteiger partial charge in [-0.1, -0.05) is 0 Å². The Hall–Kier alpha value is -3.41. The SMILES string of the molecule is CC(C)Oc1nccc(-c2[nH]c(C3OCC(C)(C(=O)NCCCO)CO3)nc2-c2ccc(F)cc2)n1. The number of hydrogen-bond acceptors (Lipinski definition) is 8. The normalized spacial score (nSPS) is 19.9. The van der Waals surface area contributed by atoms with Crippen molar-refractivity contribution < 1.29 is 28.5 Å². The van der Waals surface area contributed by atoms with E-state index in [1.165, 1.54) is 12.1 Å². The lowest BCUT2D eigenvalue weighted by molar-refractivity contribution is -0.231. The summed E-state index contributed by atoms with van der Waals surface area (Å²) < 4.78 is 31.0. The summed E-state index contributed by atoms with van der Waals surface area (Å²) in [6.45, 7) is 6.12. The number of nitrogens with one attached hydrogen (secondary N) is 2. The predicted molar refractivity (Wildman–Crippen MR) is 128 cm³/mol. The molecule has 3 aromatic rings. The Balaban J connectivity index is 1.60. The highest BCUT2D eigenvalue weighted by Crippen LogP contribution is 2.35. The topological polar surface area (TPSA) is 131 Å². The minimum absolute atomic E-state index is 0.000701. The molecule has 11 heteroatoms. The summed E-state index contributed by atoms with van der Waals surface area (Å²) in [5, 5.41) is 11.7. The number of ether oxygens (including phenoxy) is 3. The molecule has 1 aliphatic rings. The van der Waals surface area contributed by atoms with E-state index in [0.29, 0.717) is 41.4 Å². The van der Waals surface area contributed by atoms with Crippen LogP contribution in [0.25, 0.3) is 22.6 Å². The van der Waals surface area contributed by atoms with Crippen LogP contribution in [0.3, 0.4) is 0 Å². The van der Waals surface area contributed by atoms with Crippen LogP contribution in [0.15, 0.2) is 36.5 Å². The number of imidazole rings is 1. The monoisotopic (exact) mass is 499 g/mol. The molecule has 1 aliphatic heterocycles. The number of rotatable bonds is 9. The van der Waals surface area contributed by atoms with Gasteiger partial charge in [0.2, 0.25) is 12.2 Å². The summed E-state index contributed by atoms with van der Waals surface area (Å²) in [6.07, 6.45) is 1.11. The second-order valence-corrected chi connectivity index (χ2v) is 9.09. The van der Waals surface area contributed by atoms with E-state index < -0.39 is 11.7 Å². The van der Waals surface area contributed by atoms with Gasteiger partial charge in [-0.05, 0) is 57.5 Å². The number of carbonyl (C=O) groups is 1. The van der Waals surface area contributed by atoms with Crippen LogP contribution in [0.1, 0.15) is 39.3 Å². The largest absolute Gasteiger partial charge is 0.461 e. The van der Waals surface area contributed by atoms with Crippen LogP contribution in [-0.4, -0.2) is 63.4 Å². The highest BCUT2D eigenvalue weighted by molar-refractivity contribution is 5.82. The highest BCUT2D eigenvalue weighted by atomic mass is 19.1. The average Bonchev–Trinajstić information content (AvgIpc) is 3.30. The van der Waals surface area contributed by atoms with Crippen LogP contribution in [0.2, 0.25) is 0 Å². The molecule has 1 amide bonds. The van der Waals surface area contributed by atoms with E-state index >= 15 is 0 Å². The third-order valence-electron chi connectivity index (χ3n) is 5.57. The Kier molecular flexibility index (Phi) is 7.92. The first-order valence-electron chi connectivity index (χ1n) is 11.8. The van der Waals surface area contributed by atoms with Gasteiger partial charge >= 0.3 is 6.01 Å². The Labute approximate surface area is 208 Å². The van der Waals surface area contributed by atoms with Gasteiger partial charge in [0.15, 0.2) is 5.82 Å².